The topological polar surface area (TPSA) is 64.4 Å². The van der Waals surface area contributed by atoms with Crippen molar-refractivity contribution in [3.05, 3.63) is 46.5 Å². The summed E-state index contributed by atoms with van der Waals surface area (Å²) in [5.41, 5.74) is 11.9. The molecule has 3 nitrogen and oxygen atoms in total. The van der Waals surface area contributed by atoms with Crippen LogP contribution in [0.1, 0.15) is 5.56 Å². The zero-order chi connectivity index (χ0) is 12.1. The number of hydrogen-bond acceptors (Lipinski definition) is 2. The van der Waals surface area contributed by atoms with Crippen molar-refractivity contribution in [2.45, 2.75) is 6.42 Å². The predicted octanol–water partition coefficient (Wildman–Crippen LogP) is 2.29. The molecule has 0 unspecified atom stereocenters. The van der Waals surface area contributed by atoms with Crippen LogP contribution in [0.5, 0.6) is 0 Å². The quantitative estimate of drug-likeness (QED) is 0.498. The van der Waals surface area contributed by atoms with E-state index in [9.17, 15) is 4.39 Å². The van der Waals surface area contributed by atoms with Gasteiger partial charge in [0, 0.05) is 6.42 Å². The lowest BCUT2D eigenvalue weighted by atomic mass is 10.1. The van der Waals surface area contributed by atoms with Crippen LogP contribution in [0.2, 0.25) is 0 Å². The van der Waals surface area contributed by atoms with Crippen molar-refractivity contribution in [3.63, 3.8) is 0 Å². The van der Waals surface area contributed by atoms with E-state index in [0.29, 0.717) is 12.1 Å². The summed E-state index contributed by atoms with van der Waals surface area (Å²) in [5, 5.41) is -0.149. The van der Waals surface area contributed by atoms with Crippen molar-refractivity contribution in [2.75, 3.05) is 0 Å². The minimum Gasteiger partial charge on any atom is -0.399 e. The highest BCUT2D eigenvalue weighted by atomic mass is 35.5. The number of rotatable bonds is 3. The lowest BCUT2D eigenvalue weighted by Gasteiger charge is -2.03. The standard InChI is InChI=1S/C10H10Cl2FN3/c11-9(16-10(12)15)8(14)5-6-1-3-7(13)4-2-6/h1-4H,5,14H2,(H2,15,16)/b9-8-. The first-order valence-electron chi connectivity index (χ1n) is 4.37. The second-order valence-corrected chi connectivity index (χ2v) is 3.80. The summed E-state index contributed by atoms with van der Waals surface area (Å²) in [6.45, 7) is 0. The van der Waals surface area contributed by atoms with E-state index < -0.39 is 0 Å². The molecule has 16 heavy (non-hydrogen) atoms. The molecule has 1 aromatic carbocycles. The largest absolute Gasteiger partial charge is 0.399 e. The van der Waals surface area contributed by atoms with Crippen molar-refractivity contribution < 1.29 is 4.39 Å². The maximum absolute atomic E-state index is 12.6. The van der Waals surface area contributed by atoms with Gasteiger partial charge in [-0.15, -0.1) is 0 Å². The zero-order valence-electron chi connectivity index (χ0n) is 8.25. The fourth-order valence-corrected chi connectivity index (χ4v) is 1.35. The van der Waals surface area contributed by atoms with Crippen LogP contribution in [0.25, 0.3) is 0 Å². The van der Waals surface area contributed by atoms with Gasteiger partial charge in [0.1, 0.15) is 5.82 Å². The summed E-state index contributed by atoms with van der Waals surface area (Å²) >= 11 is 11.1. The molecule has 1 aromatic rings. The smallest absolute Gasteiger partial charge is 0.194 e. The Morgan fingerprint density at radius 2 is 1.75 bits per heavy atom. The maximum Gasteiger partial charge on any atom is 0.194 e. The molecule has 0 aliphatic rings. The molecule has 0 saturated heterocycles. The molecule has 86 valence electrons. The molecule has 0 atom stereocenters. The Bertz CT molecular complexity index is 422. The van der Waals surface area contributed by atoms with E-state index in [4.69, 9.17) is 34.7 Å². The number of aliphatic imine (C=N–C) groups is 1. The number of allylic oxidation sites excluding steroid dienone is 1. The normalized spacial score (nSPS) is 13.6. The molecular weight excluding hydrogens is 252 g/mol. The molecular formula is C10H10Cl2FN3. The highest BCUT2D eigenvalue weighted by Gasteiger charge is 2.02. The summed E-state index contributed by atoms with van der Waals surface area (Å²) in [4.78, 5) is 3.60. The second kappa shape index (κ2) is 5.72. The average molecular weight is 262 g/mol. The van der Waals surface area contributed by atoms with Gasteiger partial charge >= 0.3 is 0 Å². The predicted molar refractivity (Wildman–Crippen MR) is 64.6 cm³/mol. The summed E-state index contributed by atoms with van der Waals surface area (Å²) in [6, 6.07) is 5.91. The van der Waals surface area contributed by atoms with Gasteiger partial charge in [-0.1, -0.05) is 23.7 Å². The lowest BCUT2D eigenvalue weighted by molar-refractivity contribution is 0.627. The van der Waals surface area contributed by atoms with Crippen molar-refractivity contribution in [3.8, 4) is 0 Å². The van der Waals surface area contributed by atoms with Crippen molar-refractivity contribution >= 4 is 28.5 Å². The lowest BCUT2D eigenvalue weighted by Crippen LogP contribution is -2.06. The van der Waals surface area contributed by atoms with Crippen LogP contribution in [0.4, 0.5) is 4.39 Å². The number of nitrogens with two attached hydrogens (primary N) is 2. The van der Waals surface area contributed by atoms with Gasteiger partial charge in [-0.25, -0.2) is 9.38 Å². The van der Waals surface area contributed by atoms with Crippen molar-refractivity contribution in [1.29, 1.82) is 0 Å². The Hall–Kier alpha value is -1.26. The Balaban J connectivity index is 2.81. The van der Waals surface area contributed by atoms with Gasteiger partial charge < -0.3 is 11.5 Å². The second-order valence-electron chi connectivity index (χ2n) is 3.05. The van der Waals surface area contributed by atoms with E-state index in [2.05, 4.69) is 4.99 Å². The number of amidine groups is 1. The van der Waals surface area contributed by atoms with Gasteiger partial charge in [-0.3, -0.25) is 0 Å². The van der Waals surface area contributed by atoms with Crippen LogP contribution in [-0.4, -0.2) is 5.29 Å². The molecule has 1 rings (SSSR count). The van der Waals surface area contributed by atoms with Gasteiger partial charge in [-0.2, -0.15) is 0 Å². The summed E-state index contributed by atoms with van der Waals surface area (Å²) < 4.78 is 12.6. The zero-order valence-corrected chi connectivity index (χ0v) is 9.76. The summed E-state index contributed by atoms with van der Waals surface area (Å²) in [6.07, 6.45) is 0.354. The molecule has 0 fully saturated rings. The monoisotopic (exact) mass is 261 g/mol. The molecule has 0 amide bonds. The third-order valence-electron chi connectivity index (χ3n) is 1.78. The van der Waals surface area contributed by atoms with E-state index in [0.717, 1.165) is 5.56 Å². The van der Waals surface area contributed by atoms with Crippen LogP contribution >= 0.6 is 23.2 Å². The van der Waals surface area contributed by atoms with Crippen LogP contribution in [0, 0.1) is 5.82 Å². The van der Waals surface area contributed by atoms with Crippen LogP contribution in [0.3, 0.4) is 0 Å². The Kier molecular flexibility index (Phi) is 4.58. The molecule has 4 N–H and O–H groups in total. The number of hydrogen-bond donors (Lipinski definition) is 2. The Morgan fingerprint density at radius 1 is 1.19 bits per heavy atom. The van der Waals surface area contributed by atoms with Crippen LogP contribution in [-0.2, 0) is 6.42 Å². The fourth-order valence-electron chi connectivity index (χ4n) is 1.06. The van der Waals surface area contributed by atoms with Crippen LogP contribution in [0.15, 0.2) is 40.1 Å². The molecule has 0 heterocycles. The molecule has 0 aliphatic heterocycles. The average Bonchev–Trinajstić information content (AvgIpc) is 2.20. The minimum atomic E-state index is -0.305. The van der Waals surface area contributed by atoms with Gasteiger partial charge in [-0.05, 0) is 29.3 Å². The van der Waals surface area contributed by atoms with Crippen LogP contribution < -0.4 is 11.5 Å². The molecule has 0 bridgehead atoms. The third-order valence-corrected chi connectivity index (χ3v) is 2.19. The molecule has 0 spiro atoms. The van der Waals surface area contributed by atoms with Gasteiger partial charge in [0.05, 0.1) is 5.70 Å². The molecule has 6 heteroatoms. The maximum atomic E-state index is 12.6. The van der Waals surface area contributed by atoms with E-state index in [1.165, 1.54) is 12.1 Å². The van der Waals surface area contributed by atoms with Gasteiger partial charge in [0.2, 0.25) is 0 Å². The number of benzene rings is 1. The molecule has 0 aromatic heterocycles. The SMILES string of the molecule is NC(Cl)=N/C(Cl)=C(\N)Cc1ccc(F)cc1. The van der Waals surface area contributed by atoms with Gasteiger partial charge in [0.25, 0.3) is 0 Å². The highest BCUT2D eigenvalue weighted by Crippen LogP contribution is 2.13. The first-order chi connectivity index (χ1) is 7.49. The first-order valence-corrected chi connectivity index (χ1v) is 5.13. The van der Waals surface area contributed by atoms with Gasteiger partial charge in [0.15, 0.2) is 10.5 Å². The third kappa shape index (κ3) is 4.08. The minimum absolute atomic E-state index is 0.0387. The Morgan fingerprint density at radius 3 is 2.25 bits per heavy atom. The molecule has 0 radical (unpaired) electrons. The van der Waals surface area contributed by atoms with E-state index >= 15 is 0 Å². The molecule has 0 saturated carbocycles. The number of halogens is 3. The summed E-state index contributed by atoms with van der Waals surface area (Å²) in [7, 11) is 0. The van der Waals surface area contributed by atoms with E-state index in [-0.39, 0.29) is 16.3 Å². The highest BCUT2D eigenvalue weighted by molar-refractivity contribution is 6.64. The Labute approximate surface area is 103 Å². The van der Waals surface area contributed by atoms with Crippen molar-refractivity contribution in [2.24, 2.45) is 16.5 Å². The van der Waals surface area contributed by atoms with Crippen molar-refractivity contribution in [1.82, 2.24) is 0 Å². The fraction of sp³-hybridized carbons (Fsp3) is 0.100. The number of nitrogens with zero attached hydrogens (tertiary/aromatic N) is 1. The summed E-state index contributed by atoms with van der Waals surface area (Å²) in [5.74, 6) is -0.305. The molecule has 0 aliphatic carbocycles. The van der Waals surface area contributed by atoms with E-state index in [1.807, 2.05) is 0 Å². The first kappa shape index (κ1) is 12.8. The van der Waals surface area contributed by atoms with E-state index in [1.54, 1.807) is 12.1 Å².